The standard InChI is InChI=1S/C34H34F4N4O4/c1-2-44-32(43)40-33(15-16-33)21-46-28-14-12-24(20-39-28)30(26(19-34(36,37)38)22-8-4-3-5-9-22)23-11-13-27-25(18-23)31(35)41-42(27)29-10-6-7-17-45-29/h3-5,8-9,11-14,18,20,29H,2,6-7,10,15-17,19,21H2,1H3,(H,40,43)/b30-26-. The molecule has 46 heavy (non-hydrogen) atoms. The van der Waals surface area contributed by atoms with Crippen molar-refractivity contribution < 1.29 is 36.6 Å². The molecular weight excluding hydrogens is 604 g/mol. The van der Waals surface area contributed by atoms with E-state index in [1.54, 1.807) is 61.5 Å². The minimum atomic E-state index is -4.53. The molecule has 0 spiro atoms. The lowest BCUT2D eigenvalue weighted by Gasteiger charge is -2.23. The third-order valence-electron chi connectivity index (χ3n) is 8.20. The maximum absolute atomic E-state index is 15.3. The first-order chi connectivity index (χ1) is 22.1. The van der Waals surface area contributed by atoms with Gasteiger partial charge in [0.05, 0.1) is 29.5 Å². The molecule has 12 heteroatoms. The molecular formula is C34H34F4N4O4. The molecule has 0 bridgehead atoms. The highest BCUT2D eigenvalue weighted by molar-refractivity contribution is 6.00. The lowest BCUT2D eigenvalue weighted by molar-refractivity contribution is -0.122. The molecule has 2 aromatic heterocycles. The Morgan fingerprint density at radius 2 is 1.85 bits per heavy atom. The predicted molar refractivity (Wildman–Crippen MR) is 163 cm³/mol. The molecule has 8 nitrogen and oxygen atoms in total. The summed E-state index contributed by atoms with van der Waals surface area (Å²) in [4.78, 5) is 16.3. The van der Waals surface area contributed by atoms with Crippen molar-refractivity contribution in [2.24, 2.45) is 0 Å². The summed E-state index contributed by atoms with van der Waals surface area (Å²) in [5, 5.41) is 7.09. The predicted octanol–water partition coefficient (Wildman–Crippen LogP) is 7.84. The Hall–Kier alpha value is -4.45. The Morgan fingerprint density at radius 3 is 2.50 bits per heavy atom. The molecule has 1 saturated carbocycles. The van der Waals surface area contributed by atoms with E-state index in [9.17, 15) is 18.0 Å². The zero-order valence-corrected chi connectivity index (χ0v) is 25.3. The van der Waals surface area contributed by atoms with Crippen LogP contribution in [0.3, 0.4) is 0 Å². The van der Waals surface area contributed by atoms with Crippen molar-refractivity contribution in [2.75, 3.05) is 19.8 Å². The van der Waals surface area contributed by atoms with E-state index in [2.05, 4.69) is 15.4 Å². The average molecular weight is 639 g/mol. The van der Waals surface area contributed by atoms with Gasteiger partial charge in [0.15, 0.2) is 6.23 Å². The summed E-state index contributed by atoms with van der Waals surface area (Å²) in [6, 6.07) is 16.4. The van der Waals surface area contributed by atoms with Gasteiger partial charge in [-0.05, 0) is 79.5 Å². The minimum absolute atomic E-state index is 0.0157. The smallest absolute Gasteiger partial charge is 0.407 e. The van der Waals surface area contributed by atoms with E-state index < -0.39 is 36.4 Å². The van der Waals surface area contributed by atoms with Crippen molar-refractivity contribution in [1.82, 2.24) is 20.1 Å². The summed E-state index contributed by atoms with van der Waals surface area (Å²) >= 11 is 0. The summed E-state index contributed by atoms with van der Waals surface area (Å²) in [7, 11) is 0. The molecule has 3 heterocycles. The number of carbonyl (C=O) groups excluding carboxylic acids is 1. The quantitative estimate of drug-likeness (QED) is 0.141. The van der Waals surface area contributed by atoms with Crippen LogP contribution in [-0.2, 0) is 9.47 Å². The monoisotopic (exact) mass is 638 g/mol. The van der Waals surface area contributed by atoms with Crippen molar-refractivity contribution in [1.29, 1.82) is 0 Å². The average Bonchev–Trinajstić information content (AvgIpc) is 3.74. The van der Waals surface area contributed by atoms with E-state index >= 15 is 4.39 Å². The summed E-state index contributed by atoms with van der Waals surface area (Å²) in [6.45, 7) is 2.68. The Balaban J connectivity index is 1.39. The van der Waals surface area contributed by atoms with Crippen LogP contribution in [0.5, 0.6) is 5.88 Å². The number of allylic oxidation sites excluding steroid dienone is 1. The first kappa shape index (κ1) is 31.5. The number of ether oxygens (including phenoxy) is 3. The second-order valence-electron chi connectivity index (χ2n) is 11.6. The molecule has 1 N–H and O–H groups in total. The first-order valence-electron chi connectivity index (χ1n) is 15.3. The van der Waals surface area contributed by atoms with Crippen molar-refractivity contribution in [3.63, 3.8) is 0 Å². The Bertz CT molecular complexity index is 1710. The number of rotatable bonds is 10. The first-order valence-corrected chi connectivity index (χ1v) is 15.3. The van der Waals surface area contributed by atoms with Gasteiger partial charge in [0.25, 0.3) is 0 Å². The van der Waals surface area contributed by atoms with Crippen LogP contribution in [0.4, 0.5) is 22.4 Å². The van der Waals surface area contributed by atoms with Crippen LogP contribution in [0.25, 0.3) is 22.0 Å². The molecule has 1 unspecified atom stereocenters. The normalized spacial score (nSPS) is 18.2. The van der Waals surface area contributed by atoms with Gasteiger partial charge >= 0.3 is 12.3 Å². The molecule has 1 aliphatic carbocycles. The largest absolute Gasteiger partial charge is 0.475 e. The van der Waals surface area contributed by atoms with Crippen LogP contribution < -0.4 is 10.1 Å². The highest BCUT2D eigenvalue weighted by Gasteiger charge is 2.45. The van der Waals surface area contributed by atoms with Gasteiger partial charge in [0.2, 0.25) is 11.8 Å². The number of fused-ring (bicyclic) bond motifs is 1. The maximum Gasteiger partial charge on any atom is 0.407 e. The molecule has 4 aromatic rings. The van der Waals surface area contributed by atoms with Gasteiger partial charge < -0.3 is 19.5 Å². The Morgan fingerprint density at radius 1 is 1.07 bits per heavy atom. The zero-order chi connectivity index (χ0) is 32.3. The Labute approximate surface area is 263 Å². The number of benzene rings is 2. The SMILES string of the molecule is CCOC(=O)NC1(COc2ccc(/C(=C(/CC(F)(F)F)c3ccccc3)c3ccc4c(c3)c(F)nn4C3CCCCO3)cn2)CC1. The number of halogens is 4. The van der Waals surface area contributed by atoms with Crippen LogP contribution in [0, 0.1) is 5.95 Å². The van der Waals surface area contributed by atoms with Gasteiger partial charge in [-0.2, -0.15) is 17.6 Å². The number of nitrogens with zero attached hydrogens (tertiary/aromatic N) is 3. The maximum atomic E-state index is 15.3. The van der Waals surface area contributed by atoms with E-state index in [1.807, 2.05) is 0 Å². The van der Waals surface area contributed by atoms with Crippen LogP contribution in [0.1, 0.15) is 68.4 Å². The number of amides is 1. The highest BCUT2D eigenvalue weighted by Crippen LogP contribution is 2.41. The van der Waals surface area contributed by atoms with Gasteiger partial charge in [-0.25, -0.2) is 14.5 Å². The number of pyridine rings is 1. The van der Waals surface area contributed by atoms with Crippen molar-refractivity contribution in [2.45, 2.75) is 63.4 Å². The minimum Gasteiger partial charge on any atom is -0.475 e. The van der Waals surface area contributed by atoms with Gasteiger partial charge in [-0.15, -0.1) is 5.10 Å². The van der Waals surface area contributed by atoms with E-state index in [0.717, 1.165) is 25.7 Å². The third-order valence-corrected chi connectivity index (χ3v) is 8.20. The molecule has 1 amide bonds. The topological polar surface area (TPSA) is 87.5 Å². The lowest BCUT2D eigenvalue weighted by atomic mass is 9.88. The number of alkyl halides is 3. The van der Waals surface area contributed by atoms with E-state index in [4.69, 9.17) is 14.2 Å². The van der Waals surface area contributed by atoms with E-state index in [1.165, 1.54) is 16.9 Å². The fraction of sp³-hybridized carbons (Fsp3) is 0.382. The number of nitrogens with one attached hydrogen (secondary N) is 1. The molecule has 242 valence electrons. The molecule has 1 atom stereocenters. The second kappa shape index (κ2) is 13.1. The number of hydrogen-bond donors (Lipinski definition) is 1. The van der Waals surface area contributed by atoms with Gasteiger partial charge in [-0.3, -0.25) is 0 Å². The molecule has 6 rings (SSSR count). The molecule has 2 aromatic carbocycles. The summed E-state index contributed by atoms with van der Waals surface area (Å²) in [6.07, 6.45) is -1.27. The molecule has 0 radical (unpaired) electrons. The van der Waals surface area contributed by atoms with Crippen LogP contribution in [0.15, 0.2) is 66.9 Å². The van der Waals surface area contributed by atoms with Crippen molar-refractivity contribution in [3.05, 3.63) is 89.5 Å². The number of aromatic nitrogens is 3. The van der Waals surface area contributed by atoms with E-state index in [0.29, 0.717) is 35.2 Å². The van der Waals surface area contributed by atoms with Crippen molar-refractivity contribution >= 4 is 28.1 Å². The molecule has 1 aliphatic heterocycles. The van der Waals surface area contributed by atoms with Crippen LogP contribution >= 0.6 is 0 Å². The number of carbonyl (C=O) groups is 1. The fourth-order valence-corrected chi connectivity index (χ4v) is 5.75. The third kappa shape index (κ3) is 7.17. The summed E-state index contributed by atoms with van der Waals surface area (Å²) < 4.78 is 75.9. The lowest BCUT2D eigenvalue weighted by Crippen LogP contribution is -2.41. The van der Waals surface area contributed by atoms with E-state index in [-0.39, 0.29) is 35.6 Å². The highest BCUT2D eigenvalue weighted by atomic mass is 19.4. The van der Waals surface area contributed by atoms with Gasteiger partial charge in [0, 0.05) is 24.4 Å². The van der Waals surface area contributed by atoms with Crippen molar-refractivity contribution in [3.8, 4) is 5.88 Å². The summed E-state index contributed by atoms with van der Waals surface area (Å²) in [5.41, 5.74) is 1.38. The van der Waals surface area contributed by atoms with Crippen LogP contribution in [-0.4, -0.2) is 52.4 Å². The van der Waals surface area contributed by atoms with Gasteiger partial charge in [0.1, 0.15) is 6.61 Å². The fourth-order valence-electron chi connectivity index (χ4n) is 5.75. The Kier molecular flexibility index (Phi) is 8.99. The summed E-state index contributed by atoms with van der Waals surface area (Å²) in [5.74, 6) is -0.484. The number of alkyl carbamates (subject to hydrolysis) is 1. The second-order valence-corrected chi connectivity index (χ2v) is 11.6. The molecule has 1 saturated heterocycles. The molecule has 2 aliphatic rings. The molecule has 2 fully saturated rings. The van der Waals surface area contributed by atoms with Gasteiger partial charge in [-0.1, -0.05) is 36.4 Å². The zero-order valence-electron chi connectivity index (χ0n) is 25.3. The van der Waals surface area contributed by atoms with Crippen LogP contribution in [0.2, 0.25) is 0 Å². The number of hydrogen-bond acceptors (Lipinski definition) is 6.